The molecule has 0 aliphatic carbocycles. The van der Waals surface area contributed by atoms with Crippen LogP contribution >= 0.6 is 0 Å². The highest BCUT2D eigenvalue weighted by Gasteiger charge is 2.27. The fourth-order valence-corrected chi connectivity index (χ4v) is 4.60. The van der Waals surface area contributed by atoms with Crippen molar-refractivity contribution in [2.45, 2.75) is 32.2 Å². The third-order valence-electron chi connectivity index (χ3n) is 6.73. The van der Waals surface area contributed by atoms with Crippen LogP contribution in [0.15, 0.2) is 54.6 Å². The van der Waals surface area contributed by atoms with Crippen LogP contribution in [0.4, 0.5) is 4.79 Å². The highest BCUT2D eigenvalue weighted by Crippen LogP contribution is 2.28. The first-order valence-corrected chi connectivity index (χ1v) is 12.2. The predicted octanol–water partition coefficient (Wildman–Crippen LogP) is 2.63. The number of hydrogen-bond acceptors (Lipinski definition) is 6. The zero-order valence-corrected chi connectivity index (χ0v) is 20.1. The second-order valence-electron chi connectivity index (χ2n) is 8.97. The average molecular weight is 477 g/mol. The van der Waals surface area contributed by atoms with Gasteiger partial charge in [-0.2, -0.15) is 0 Å². The van der Waals surface area contributed by atoms with Gasteiger partial charge in [0.05, 0.1) is 26.0 Å². The minimum absolute atomic E-state index is 0.0135. The number of amides is 2. The van der Waals surface area contributed by atoms with E-state index in [1.54, 1.807) is 7.11 Å². The van der Waals surface area contributed by atoms with Gasteiger partial charge in [0.1, 0.15) is 17.5 Å². The number of methoxy groups -OCH3 is 1. The third kappa shape index (κ3) is 5.63. The largest absolute Gasteiger partial charge is 0.497 e. The molecule has 1 unspecified atom stereocenters. The Bertz CT molecular complexity index is 1110. The summed E-state index contributed by atoms with van der Waals surface area (Å²) in [5, 5.41) is 11.9. The maximum absolute atomic E-state index is 12.5. The first-order chi connectivity index (χ1) is 17.2. The minimum atomic E-state index is -0.0492. The molecule has 0 saturated carbocycles. The van der Waals surface area contributed by atoms with Gasteiger partial charge in [0.25, 0.3) is 0 Å². The van der Waals surface area contributed by atoms with Gasteiger partial charge in [-0.15, -0.1) is 5.10 Å². The van der Waals surface area contributed by atoms with Crippen molar-refractivity contribution in [1.82, 2.24) is 30.1 Å². The molecule has 1 N–H and O–H groups in total. The van der Waals surface area contributed by atoms with Crippen molar-refractivity contribution in [2.75, 3.05) is 39.8 Å². The minimum Gasteiger partial charge on any atom is -0.497 e. The first kappa shape index (κ1) is 23.3. The number of rotatable bonds is 7. The normalized spacial score (nSPS) is 18.2. The summed E-state index contributed by atoms with van der Waals surface area (Å²) in [6.45, 7) is 5.53. The molecule has 2 aromatic carbocycles. The number of ether oxygens (including phenoxy) is 2. The van der Waals surface area contributed by atoms with Crippen LogP contribution in [-0.4, -0.2) is 70.7 Å². The van der Waals surface area contributed by atoms with E-state index in [0.717, 1.165) is 48.8 Å². The summed E-state index contributed by atoms with van der Waals surface area (Å²) in [7, 11) is 1.66. The van der Waals surface area contributed by atoms with Gasteiger partial charge in [-0.05, 0) is 29.7 Å². The zero-order chi connectivity index (χ0) is 24.0. The lowest BCUT2D eigenvalue weighted by Crippen LogP contribution is -2.51. The Morgan fingerprint density at radius 3 is 2.60 bits per heavy atom. The molecule has 184 valence electrons. The van der Waals surface area contributed by atoms with Crippen molar-refractivity contribution in [3.05, 3.63) is 77.1 Å². The van der Waals surface area contributed by atoms with Crippen LogP contribution in [0.1, 0.15) is 28.6 Å². The van der Waals surface area contributed by atoms with E-state index in [1.165, 1.54) is 5.56 Å². The van der Waals surface area contributed by atoms with Gasteiger partial charge >= 0.3 is 6.03 Å². The molecule has 2 aliphatic rings. The second kappa shape index (κ2) is 10.9. The van der Waals surface area contributed by atoms with Gasteiger partial charge < -0.3 is 19.7 Å². The summed E-state index contributed by atoms with van der Waals surface area (Å²) in [6.07, 6.45) is 0.790. The van der Waals surface area contributed by atoms with E-state index >= 15 is 0 Å². The van der Waals surface area contributed by atoms with Crippen molar-refractivity contribution >= 4 is 6.03 Å². The van der Waals surface area contributed by atoms with Gasteiger partial charge in [0, 0.05) is 39.3 Å². The number of carbonyl (C=O) groups is 1. The molecule has 1 aromatic heterocycles. The topological polar surface area (TPSA) is 84.8 Å². The molecule has 2 amide bonds. The number of hydrogen-bond donors (Lipinski definition) is 1. The predicted molar refractivity (Wildman–Crippen MR) is 131 cm³/mol. The van der Waals surface area contributed by atoms with E-state index < -0.39 is 0 Å². The number of nitrogens with zero attached hydrogens (tertiary/aromatic N) is 5. The van der Waals surface area contributed by atoms with Gasteiger partial charge in [-0.25, -0.2) is 9.48 Å². The number of nitrogens with one attached hydrogen (secondary N) is 1. The van der Waals surface area contributed by atoms with E-state index in [2.05, 4.69) is 32.7 Å². The molecule has 0 spiro atoms. The lowest BCUT2D eigenvalue weighted by molar-refractivity contribution is -0.00220. The van der Waals surface area contributed by atoms with Crippen molar-refractivity contribution in [2.24, 2.45) is 0 Å². The molecule has 3 heterocycles. The van der Waals surface area contributed by atoms with Gasteiger partial charge in [0.2, 0.25) is 0 Å². The van der Waals surface area contributed by atoms with Crippen molar-refractivity contribution in [3.63, 3.8) is 0 Å². The summed E-state index contributed by atoms with van der Waals surface area (Å²) >= 11 is 0. The second-order valence-corrected chi connectivity index (χ2v) is 8.97. The number of benzene rings is 2. The molecule has 35 heavy (non-hydrogen) atoms. The Kier molecular flexibility index (Phi) is 7.25. The highest BCUT2D eigenvalue weighted by molar-refractivity contribution is 5.74. The lowest BCUT2D eigenvalue weighted by atomic mass is 10.1. The molecular weight excluding hydrogens is 444 g/mol. The van der Waals surface area contributed by atoms with Gasteiger partial charge in [-0.1, -0.05) is 47.7 Å². The molecule has 1 saturated heterocycles. The van der Waals surface area contributed by atoms with Crippen LogP contribution in [0.3, 0.4) is 0 Å². The Morgan fingerprint density at radius 2 is 1.86 bits per heavy atom. The summed E-state index contributed by atoms with van der Waals surface area (Å²) < 4.78 is 13.4. The van der Waals surface area contributed by atoms with E-state index in [1.807, 2.05) is 52.0 Å². The summed E-state index contributed by atoms with van der Waals surface area (Å²) in [5.41, 5.74) is 4.33. The van der Waals surface area contributed by atoms with Crippen molar-refractivity contribution < 1.29 is 14.3 Å². The molecule has 1 atom stereocenters. The average Bonchev–Trinajstić information content (AvgIpc) is 3.31. The van der Waals surface area contributed by atoms with Crippen LogP contribution in [0, 0.1) is 0 Å². The van der Waals surface area contributed by atoms with Crippen LogP contribution in [-0.2, 0) is 30.9 Å². The van der Waals surface area contributed by atoms with E-state index in [0.29, 0.717) is 32.8 Å². The molecular formula is C26H32N6O3. The summed E-state index contributed by atoms with van der Waals surface area (Å²) in [5.74, 6) is 0.832. The molecule has 1 fully saturated rings. The number of aromatic nitrogens is 3. The van der Waals surface area contributed by atoms with Crippen molar-refractivity contribution in [3.8, 4) is 5.75 Å². The van der Waals surface area contributed by atoms with Gasteiger partial charge in [-0.3, -0.25) is 4.90 Å². The van der Waals surface area contributed by atoms with Crippen LogP contribution in [0.5, 0.6) is 5.75 Å². The number of carbonyl (C=O) groups excluding carboxylic acids is 1. The summed E-state index contributed by atoms with van der Waals surface area (Å²) in [6, 6.07) is 18.2. The maximum Gasteiger partial charge on any atom is 0.317 e. The Hall–Kier alpha value is -3.43. The van der Waals surface area contributed by atoms with E-state index in [-0.39, 0.29) is 12.1 Å². The fourth-order valence-electron chi connectivity index (χ4n) is 4.60. The molecule has 5 rings (SSSR count). The molecule has 9 heteroatoms. The van der Waals surface area contributed by atoms with Crippen molar-refractivity contribution in [1.29, 1.82) is 0 Å². The third-order valence-corrected chi connectivity index (χ3v) is 6.73. The Labute approximate surface area is 205 Å². The number of fused-ring (bicyclic) bond motifs is 1. The highest BCUT2D eigenvalue weighted by atomic mass is 16.5. The molecule has 3 aromatic rings. The number of urea groups is 1. The smallest absolute Gasteiger partial charge is 0.317 e. The Balaban J connectivity index is 1.08. The fraction of sp³-hybridized carbons (Fsp3) is 0.423. The quantitative estimate of drug-likeness (QED) is 0.564. The molecule has 9 nitrogen and oxygen atoms in total. The maximum atomic E-state index is 12.5. The molecule has 0 bridgehead atoms. The molecule has 0 radical (unpaired) electrons. The first-order valence-electron chi connectivity index (χ1n) is 12.2. The standard InChI is InChI=1S/C26H32N6O3/c1-34-22-9-7-21(8-10-22)25-18-32-24(19-35-25)23(28-29-32)17-30-13-15-31(16-14-30)26(33)27-12-11-20-5-3-2-4-6-20/h2-10,25H,11-19H2,1H3,(H,27,33). The van der Waals surface area contributed by atoms with Gasteiger partial charge in [0.15, 0.2) is 0 Å². The number of piperazine rings is 1. The Morgan fingerprint density at radius 1 is 1.09 bits per heavy atom. The summed E-state index contributed by atoms with van der Waals surface area (Å²) in [4.78, 5) is 16.8. The molecule has 2 aliphatic heterocycles. The van der Waals surface area contributed by atoms with Crippen LogP contribution in [0.25, 0.3) is 0 Å². The monoisotopic (exact) mass is 476 g/mol. The van der Waals surface area contributed by atoms with E-state index in [4.69, 9.17) is 9.47 Å². The van der Waals surface area contributed by atoms with E-state index in [9.17, 15) is 4.79 Å². The SMILES string of the molecule is COc1ccc(C2Cn3nnc(CN4CCN(C(=O)NCCc5ccccc5)CC4)c3CO2)cc1. The van der Waals surface area contributed by atoms with Crippen LogP contribution < -0.4 is 10.1 Å². The zero-order valence-electron chi connectivity index (χ0n) is 20.1. The lowest BCUT2D eigenvalue weighted by Gasteiger charge is -2.34. The van der Waals surface area contributed by atoms with Crippen LogP contribution in [0.2, 0.25) is 0 Å².